The summed E-state index contributed by atoms with van der Waals surface area (Å²) in [6, 6.07) is 19.1. The molecule has 2 aliphatic rings. The van der Waals surface area contributed by atoms with Gasteiger partial charge < -0.3 is 10.4 Å². The van der Waals surface area contributed by atoms with Crippen LogP contribution in [0.15, 0.2) is 54.6 Å². The third-order valence-electron chi connectivity index (χ3n) is 7.46. The molecular formula is C28H29NO3S. The third-order valence-corrected chi connectivity index (χ3v) is 8.52. The monoisotopic (exact) mass is 459 g/mol. The summed E-state index contributed by atoms with van der Waals surface area (Å²) >= 11 is 1.69. The molecule has 1 aromatic heterocycles. The number of hydrogen-bond donors (Lipinski definition) is 2. The van der Waals surface area contributed by atoms with Crippen LogP contribution in [-0.4, -0.2) is 23.0 Å². The fourth-order valence-corrected chi connectivity index (χ4v) is 6.80. The Labute approximate surface area is 198 Å². The molecule has 0 radical (unpaired) electrons. The van der Waals surface area contributed by atoms with Crippen molar-refractivity contribution in [2.24, 2.45) is 11.3 Å². The highest BCUT2D eigenvalue weighted by atomic mass is 32.1. The standard InChI is InChI=1S/C28H29NO3S/c1-17-24(12-19-8-10-21(11-9-19)20-6-4-3-5-7-20)25(18(2)33-17)26(30)29-23-15-28(16-23)13-22(14-28)27(31)32/h3-11,22-23H,12-16H2,1-2H3,(H,29,30)(H,31,32)/t22-,23-,28?. The molecule has 0 aliphatic heterocycles. The number of carbonyl (C=O) groups excluding carboxylic acids is 1. The molecule has 2 aliphatic carbocycles. The summed E-state index contributed by atoms with van der Waals surface area (Å²) in [5, 5.41) is 12.4. The lowest BCUT2D eigenvalue weighted by molar-refractivity contribution is -0.155. The predicted octanol–water partition coefficient (Wildman–Crippen LogP) is 6.00. The Morgan fingerprint density at radius 2 is 1.58 bits per heavy atom. The molecule has 0 atom stereocenters. The van der Waals surface area contributed by atoms with E-state index in [1.165, 1.54) is 21.6 Å². The highest BCUT2D eigenvalue weighted by Crippen LogP contribution is 2.58. The number of amides is 1. The van der Waals surface area contributed by atoms with Crippen LogP contribution in [0.4, 0.5) is 0 Å². The summed E-state index contributed by atoms with van der Waals surface area (Å²) in [7, 11) is 0. The van der Waals surface area contributed by atoms with Gasteiger partial charge in [0, 0.05) is 15.8 Å². The van der Waals surface area contributed by atoms with E-state index in [0.717, 1.165) is 48.1 Å². The number of carbonyl (C=O) groups is 2. The Kier molecular flexibility index (Phi) is 5.61. The Morgan fingerprint density at radius 1 is 0.939 bits per heavy atom. The second-order valence-corrected chi connectivity index (χ2v) is 11.3. The average molecular weight is 460 g/mol. The minimum absolute atomic E-state index is 0.0155. The maximum Gasteiger partial charge on any atom is 0.306 e. The molecule has 5 heteroatoms. The number of hydrogen-bond acceptors (Lipinski definition) is 3. The lowest BCUT2D eigenvalue weighted by Crippen LogP contribution is -2.57. The topological polar surface area (TPSA) is 66.4 Å². The Hall–Kier alpha value is -2.92. The van der Waals surface area contributed by atoms with Crippen LogP contribution in [-0.2, 0) is 11.2 Å². The molecule has 33 heavy (non-hydrogen) atoms. The van der Waals surface area contributed by atoms with E-state index >= 15 is 0 Å². The minimum Gasteiger partial charge on any atom is -0.481 e. The van der Waals surface area contributed by atoms with E-state index in [1.807, 2.05) is 25.1 Å². The maximum atomic E-state index is 13.2. The SMILES string of the molecule is Cc1sc(C)c(C(=O)N[C@H]2CC3(C2)C[C@H](C(=O)O)C3)c1Cc1ccc(-c2ccccc2)cc1. The van der Waals surface area contributed by atoms with Crippen LogP contribution in [0.5, 0.6) is 0 Å². The second-order valence-electron chi connectivity index (χ2n) is 9.83. The Morgan fingerprint density at radius 3 is 2.21 bits per heavy atom. The molecule has 0 unspecified atom stereocenters. The van der Waals surface area contributed by atoms with Gasteiger partial charge in [-0.15, -0.1) is 11.3 Å². The fourth-order valence-electron chi connectivity index (χ4n) is 5.73. The van der Waals surface area contributed by atoms with Crippen molar-refractivity contribution in [2.75, 3.05) is 0 Å². The lowest BCUT2D eigenvalue weighted by Gasteiger charge is -2.56. The van der Waals surface area contributed by atoms with Crippen molar-refractivity contribution in [1.82, 2.24) is 5.32 Å². The normalized spacial score (nSPS) is 23.6. The van der Waals surface area contributed by atoms with Gasteiger partial charge >= 0.3 is 5.97 Å². The molecule has 170 valence electrons. The average Bonchev–Trinajstić information content (AvgIpc) is 3.02. The van der Waals surface area contributed by atoms with Gasteiger partial charge in [-0.1, -0.05) is 54.6 Å². The first-order valence-electron chi connectivity index (χ1n) is 11.6. The third kappa shape index (κ3) is 4.22. The zero-order valence-corrected chi connectivity index (χ0v) is 19.9. The molecule has 3 aromatic rings. The van der Waals surface area contributed by atoms with Gasteiger partial charge in [-0.25, -0.2) is 0 Å². The predicted molar refractivity (Wildman–Crippen MR) is 132 cm³/mol. The number of benzene rings is 2. The van der Waals surface area contributed by atoms with Crippen LogP contribution in [0.2, 0.25) is 0 Å². The second kappa shape index (κ2) is 8.45. The zero-order valence-electron chi connectivity index (χ0n) is 19.1. The van der Waals surface area contributed by atoms with E-state index in [4.69, 9.17) is 5.11 Å². The summed E-state index contributed by atoms with van der Waals surface area (Å²) in [5.74, 6) is -0.857. The van der Waals surface area contributed by atoms with Crippen molar-refractivity contribution >= 4 is 23.2 Å². The number of aryl methyl sites for hydroxylation is 2. The van der Waals surface area contributed by atoms with Gasteiger partial charge in [-0.2, -0.15) is 0 Å². The van der Waals surface area contributed by atoms with Crippen molar-refractivity contribution in [3.63, 3.8) is 0 Å². The Balaban J connectivity index is 1.26. The number of carboxylic acids is 1. The molecule has 2 saturated carbocycles. The molecule has 2 fully saturated rings. The van der Waals surface area contributed by atoms with E-state index in [9.17, 15) is 9.59 Å². The first kappa shape index (κ1) is 21.9. The van der Waals surface area contributed by atoms with Gasteiger partial charge in [0.15, 0.2) is 0 Å². The van der Waals surface area contributed by atoms with Crippen LogP contribution < -0.4 is 5.32 Å². The van der Waals surface area contributed by atoms with Crippen LogP contribution in [0.1, 0.15) is 56.9 Å². The first-order chi connectivity index (χ1) is 15.8. The number of nitrogens with one attached hydrogen (secondary N) is 1. The summed E-state index contributed by atoms with van der Waals surface area (Å²) in [5.41, 5.74) is 5.68. The quantitative estimate of drug-likeness (QED) is 0.475. The van der Waals surface area contributed by atoms with E-state index in [0.29, 0.717) is 0 Å². The van der Waals surface area contributed by atoms with Gasteiger partial charge in [0.2, 0.25) is 0 Å². The molecular weight excluding hydrogens is 430 g/mol. The Bertz CT molecular complexity index is 1180. The van der Waals surface area contributed by atoms with E-state index < -0.39 is 5.97 Å². The first-order valence-corrected chi connectivity index (χ1v) is 12.4. The number of rotatable bonds is 6. The molecule has 1 amide bonds. The van der Waals surface area contributed by atoms with Crippen LogP contribution in [0.25, 0.3) is 11.1 Å². The van der Waals surface area contributed by atoms with Crippen molar-refractivity contribution in [3.05, 3.63) is 81.0 Å². The minimum atomic E-state index is -0.682. The molecule has 4 nitrogen and oxygen atoms in total. The molecule has 5 rings (SSSR count). The van der Waals surface area contributed by atoms with Crippen molar-refractivity contribution < 1.29 is 14.7 Å². The van der Waals surface area contributed by atoms with Crippen LogP contribution >= 0.6 is 11.3 Å². The summed E-state index contributed by atoms with van der Waals surface area (Å²) in [6.45, 7) is 4.13. The largest absolute Gasteiger partial charge is 0.481 e. The van der Waals surface area contributed by atoms with Crippen LogP contribution in [0, 0.1) is 25.2 Å². The van der Waals surface area contributed by atoms with Gasteiger partial charge in [-0.3, -0.25) is 9.59 Å². The summed E-state index contributed by atoms with van der Waals surface area (Å²) in [6.07, 6.45) is 4.07. The summed E-state index contributed by atoms with van der Waals surface area (Å²) in [4.78, 5) is 26.6. The van der Waals surface area contributed by atoms with E-state index in [2.05, 4.69) is 48.6 Å². The molecule has 1 spiro atoms. The van der Waals surface area contributed by atoms with Crippen LogP contribution in [0.3, 0.4) is 0 Å². The highest BCUT2D eigenvalue weighted by Gasteiger charge is 2.55. The number of aliphatic carboxylic acids is 1. The van der Waals surface area contributed by atoms with Gasteiger partial charge in [-0.05, 0) is 73.6 Å². The van der Waals surface area contributed by atoms with Gasteiger partial charge in [0.25, 0.3) is 5.91 Å². The van der Waals surface area contributed by atoms with E-state index in [1.54, 1.807) is 11.3 Å². The number of carboxylic acid groups (broad SMARTS) is 1. The molecule has 1 heterocycles. The number of thiophene rings is 1. The van der Waals surface area contributed by atoms with E-state index in [-0.39, 0.29) is 23.3 Å². The maximum absolute atomic E-state index is 13.2. The highest BCUT2D eigenvalue weighted by molar-refractivity contribution is 7.12. The molecule has 2 aromatic carbocycles. The van der Waals surface area contributed by atoms with Crippen molar-refractivity contribution in [1.29, 1.82) is 0 Å². The van der Waals surface area contributed by atoms with Gasteiger partial charge in [0.05, 0.1) is 11.5 Å². The fraction of sp³-hybridized carbons (Fsp3) is 0.357. The molecule has 0 saturated heterocycles. The lowest BCUT2D eigenvalue weighted by atomic mass is 9.50. The van der Waals surface area contributed by atoms with Gasteiger partial charge in [0.1, 0.15) is 0 Å². The smallest absolute Gasteiger partial charge is 0.306 e. The molecule has 2 N–H and O–H groups in total. The van der Waals surface area contributed by atoms with Crippen molar-refractivity contribution in [3.8, 4) is 11.1 Å². The molecule has 0 bridgehead atoms. The van der Waals surface area contributed by atoms with Crippen molar-refractivity contribution in [2.45, 2.75) is 52.0 Å². The summed E-state index contributed by atoms with van der Waals surface area (Å²) < 4.78 is 0. The zero-order chi connectivity index (χ0) is 23.2.